The number of nitrogens with two attached hydrogens (primary N) is 1. The standard InChI is InChI=1S/C9H16N2O2S/c1-2-7(12)6-3-4-14-9(6)11-8(13)5-10/h6,9H,2-5,10H2,1H3,(H,11,13). The molecule has 1 saturated heterocycles. The van der Waals surface area contributed by atoms with Crippen molar-refractivity contribution in [2.45, 2.75) is 25.1 Å². The first-order valence-electron chi connectivity index (χ1n) is 4.82. The SMILES string of the molecule is CCC(=O)C1CCSC1NC(=O)CN. The molecule has 0 aliphatic carbocycles. The highest BCUT2D eigenvalue weighted by molar-refractivity contribution is 8.00. The molecule has 1 rings (SSSR count). The monoisotopic (exact) mass is 216 g/mol. The first-order valence-corrected chi connectivity index (χ1v) is 5.87. The van der Waals surface area contributed by atoms with Gasteiger partial charge in [0.15, 0.2) is 0 Å². The first kappa shape index (κ1) is 11.5. The molecule has 0 aromatic rings. The Hall–Kier alpha value is -0.550. The smallest absolute Gasteiger partial charge is 0.234 e. The van der Waals surface area contributed by atoms with Crippen LogP contribution in [0.2, 0.25) is 0 Å². The molecule has 1 aliphatic heterocycles. The van der Waals surface area contributed by atoms with Crippen molar-refractivity contribution >= 4 is 23.5 Å². The van der Waals surface area contributed by atoms with Crippen molar-refractivity contribution in [1.82, 2.24) is 5.32 Å². The molecule has 1 aliphatic rings. The number of carbonyl (C=O) groups is 2. The number of amides is 1. The van der Waals surface area contributed by atoms with E-state index in [1.54, 1.807) is 11.8 Å². The quantitative estimate of drug-likeness (QED) is 0.700. The summed E-state index contributed by atoms with van der Waals surface area (Å²) >= 11 is 1.63. The van der Waals surface area contributed by atoms with E-state index in [9.17, 15) is 9.59 Å². The number of carbonyl (C=O) groups excluding carboxylic acids is 2. The van der Waals surface area contributed by atoms with E-state index in [4.69, 9.17) is 5.73 Å². The van der Waals surface area contributed by atoms with Crippen LogP contribution >= 0.6 is 11.8 Å². The summed E-state index contributed by atoms with van der Waals surface area (Å²) in [5.74, 6) is 0.975. The van der Waals surface area contributed by atoms with E-state index in [1.807, 2.05) is 6.92 Å². The van der Waals surface area contributed by atoms with Crippen molar-refractivity contribution in [1.29, 1.82) is 0 Å². The number of hydrogen-bond donors (Lipinski definition) is 2. The van der Waals surface area contributed by atoms with Gasteiger partial charge in [-0.25, -0.2) is 0 Å². The molecule has 3 N–H and O–H groups in total. The fourth-order valence-electron chi connectivity index (χ4n) is 1.54. The summed E-state index contributed by atoms with van der Waals surface area (Å²) in [5, 5.41) is 2.72. The van der Waals surface area contributed by atoms with Gasteiger partial charge in [0.2, 0.25) is 5.91 Å². The Morgan fingerprint density at radius 2 is 2.29 bits per heavy atom. The van der Waals surface area contributed by atoms with E-state index >= 15 is 0 Å². The number of ketones is 1. The molecule has 1 amide bonds. The predicted molar refractivity (Wildman–Crippen MR) is 56.8 cm³/mol. The summed E-state index contributed by atoms with van der Waals surface area (Å²) in [4.78, 5) is 22.6. The number of rotatable bonds is 4. The predicted octanol–water partition coefficient (Wildman–Crippen LogP) is 0.120. The Morgan fingerprint density at radius 1 is 1.57 bits per heavy atom. The van der Waals surface area contributed by atoms with Gasteiger partial charge in [-0.15, -0.1) is 11.8 Å². The molecule has 0 saturated carbocycles. The Bertz CT molecular complexity index is 233. The van der Waals surface area contributed by atoms with Crippen molar-refractivity contribution in [3.8, 4) is 0 Å². The summed E-state index contributed by atoms with van der Waals surface area (Å²) < 4.78 is 0. The van der Waals surface area contributed by atoms with Crippen molar-refractivity contribution in [2.75, 3.05) is 12.3 Å². The Balaban J connectivity index is 2.51. The molecule has 2 atom stereocenters. The van der Waals surface area contributed by atoms with Crippen LogP contribution in [0.1, 0.15) is 19.8 Å². The van der Waals surface area contributed by atoms with Crippen molar-refractivity contribution < 1.29 is 9.59 Å². The molecule has 4 nitrogen and oxygen atoms in total. The zero-order valence-electron chi connectivity index (χ0n) is 8.29. The summed E-state index contributed by atoms with van der Waals surface area (Å²) in [6.07, 6.45) is 1.41. The largest absolute Gasteiger partial charge is 0.343 e. The van der Waals surface area contributed by atoms with Crippen LogP contribution < -0.4 is 11.1 Å². The van der Waals surface area contributed by atoms with Crippen LogP contribution in [0.4, 0.5) is 0 Å². The van der Waals surface area contributed by atoms with Gasteiger partial charge in [0.1, 0.15) is 5.78 Å². The highest BCUT2D eigenvalue weighted by Gasteiger charge is 2.33. The van der Waals surface area contributed by atoms with Crippen LogP contribution in [0.5, 0.6) is 0 Å². The molecule has 80 valence electrons. The lowest BCUT2D eigenvalue weighted by Gasteiger charge is -2.18. The fourth-order valence-corrected chi connectivity index (χ4v) is 2.92. The average Bonchev–Trinajstić information content (AvgIpc) is 2.64. The zero-order chi connectivity index (χ0) is 10.6. The van der Waals surface area contributed by atoms with E-state index < -0.39 is 0 Å². The first-order chi connectivity index (χ1) is 6.69. The summed E-state index contributed by atoms with van der Waals surface area (Å²) in [5.41, 5.74) is 5.20. The van der Waals surface area contributed by atoms with Crippen LogP contribution in [-0.4, -0.2) is 29.4 Å². The molecule has 0 bridgehead atoms. The van der Waals surface area contributed by atoms with Gasteiger partial charge < -0.3 is 11.1 Å². The Morgan fingerprint density at radius 3 is 2.86 bits per heavy atom. The molecule has 1 heterocycles. The van der Waals surface area contributed by atoms with Crippen molar-refractivity contribution in [3.05, 3.63) is 0 Å². The lowest BCUT2D eigenvalue weighted by atomic mass is 9.99. The third kappa shape index (κ3) is 2.72. The van der Waals surface area contributed by atoms with E-state index in [0.717, 1.165) is 12.2 Å². The molecule has 0 aromatic carbocycles. The second kappa shape index (κ2) is 5.36. The summed E-state index contributed by atoms with van der Waals surface area (Å²) in [7, 11) is 0. The highest BCUT2D eigenvalue weighted by Crippen LogP contribution is 2.31. The fraction of sp³-hybridized carbons (Fsp3) is 0.778. The second-order valence-electron chi connectivity index (χ2n) is 3.28. The number of hydrogen-bond acceptors (Lipinski definition) is 4. The maximum Gasteiger partial charge on any atom is 0.234 e. The average molecular weight is 216 g/mol. The number of Topliss-reactive ketones (excluding diaryl/α,β-unsaturated/α-hetero) is 1. The third-order valence-electron chi connectivity index (χ3n) is 2.34. The van der Waals surface area contributed by atoms with Gasteiger partial charge >= 0.3 is 0 Å². The van der Waals surface area contributed by atoms with Gasteiger partial charge in [-0.3, -0.25) is 9.59 Å². The minimum atomic E-state index is -0.182. The van der Waals surface area contributed by atoms with Crippen LogP contribution in [0, 0.1) is 5.92 Å². The molecule has 0 spiro atoms. The minimum absolute atomic E-state index is 0.00983. The number of thioether (sulfide) groups is 1. The zero-order valence-corrected chi connectivity index (χ0v) is 9.10. The van der Waals surface area contributed by atoms with E-state index in [1.165, 1.54) is 0 Å². The molecule has 5 heteroatoms. The molecule has 2 unspecified atom stereocenters. The minimum Gasteiger partial charge on any atom is -0.343 e. The van der Waals surface area contributed by atoms with Crippen LogP contribution in [0.25, 0.3) is 0 Å². The molecule has 0 radical (unpaired) electrons. The molecular weight excluding hydrogens is 200 g/mol. The molecule has 1 fully saturated rings. The van der Waals surface area contributed by atoms with Crippen LogP contribution in [0.15, 0.2) is 0 Å². The lowest BCUT2D eigenvalue weighted by Crippen LogP contribution is -2.41. The molecule has 14 heavy (non-hydrogen) atoms. The van der Waals surface area contributed by atoms with E-state index in [-0.39, 0.29) is 29.5 Å². The summed E-state index contributed by atoms with van der Waals surface area (Å²) in [6.45, 7) is 1.84. The highest BCUT2D eigenvalue weighted by atomic mass is 32.2. The number of nitrogens with one attached hydrogen (secondary N) is 1. The molecule has 0 aromatic heterocycles. The van der Waals surface area contributed by atoms with Crippen LogP contribution in [0.3, 0.4) is 0 Å². The van der Waals surface area contributed by atoms with Gasteiger partial charge in [0.25, 0.3) is 0 Å². The van der Waals surface area contributed by atoms with Gasteiger partial charge in [0, 0.05) is 12.3 Å². The van der Waals surface area contributed by atoms with E-state index in [0.29, 0.717) is 6.42 Å². The van der Waals surface area contributed by atoms with Gasteiger partial charge in [-0.05, 0) is 12.2 Å². The maximum atomic E-state index is 11.5. The van der Waals surface area contributed by atoms with E-state index in [2.05, 4.69) is 5.32 Å². The van der Waals surface area contributed by atoms with Gasteiger partial charge in [-0.2, -0.15) is 0 Å². The second-order valence-corrected chi connectivity index (χ2v) is 4.53. The normalized spacial score (nSPS) is 26.1. The summed E-state index contributed by atoms with van der Waals surface area (Å²) in [6, 6.07) is 0. The topological polar surface area (TPSA) is 72.2 Å². The van der Waals surface area contributed by atoms with Crippen LogP contribution in [-0.2, 0) is 9.59 Å². The Kier molecular flexibility index (Phi) is 4.41. The van der Waals surface area contributed by atoms with Crippen molar-refractivity contribution in [2.24, 2.45) is 11.7 Å². The van der Waals surface area contributed by atoms with Gasteiger partial charge in [0.05, 0.1) is 11.9 Å². The maximum absolute atomic E-state index is 11.5. The van der Waals surface area contributed by atoms with Crippen molar-refractivity contribution in [3.63, 3.8) is 0 Å². The third-order valence-corrected chi connectivity index (χ3v) is 3.62. The Labute approximate surface area is 88.0 Å². The van der Waals surface area contributed by atoms with Gasteiger partial charge in [-0.1, -0.05) is 6.92 Å². The lowest BCUT2D eigenvalue weighted by molar-refractivity contribution is -0.123. The molecular formula is C9H16N2O2S.